The Bertz CT molecular complexity index is 850. The minimum atomic E-state index is -0.0593. The lowest BCUT2D eigenvalue weighted by atomic mass is 10.1. The molecule has 140 valence electrons. The lowest BCUT2D eigenvalue weighted by Crippen LogP contribution is -2.35. The van der Waals surface area contributed by atoms with E-state index in [4.69, 9.17) is 4.74 Å². The van der Waals surface area contributed by atoms with E-state index in [0.29, 0.717) is 25.3 Å². The number of fused-ring (bicyclic) bond motifs is 1. The third-order valence-corrected chi connectivity index (χ3v) is 5.79. The fraction of sp³-hybridized carbons (Fsp3) is 0.632. The summed E-state index contributed by atoms with van der Waals surface area (Å²) in [6.45, 7) is 2.31. The summed E-state index contributed by atoms with van der Waals surface area (Å²) in [7, 11) is 1.63. The predicted molar refractivity (Wildman–Crippen MR) is 98.1 cm³/mol. The Morgan fingerprint density at radius 2 is 2.12 bits per heavy atom. The first kappa shape index (κ1) is 17.3. The molecule has 0 N–H and O–H groups in total. The second-order valence-corrected chi connectivity index (χ2v) is 7.35. The molecule has 1 aliphatic carbocycles. The second-order valence-electron chi connectivity index (χ2n) is 7.35. The molecule has 0 unspecified atom stereocenters. The van der Waals surface area contributed by atoms with Crippen LogP contribution in [0.15, 0.2) is 23.1 Å². The summed E-state index contributed by atoms with van der Waals surface area (Å²) >= 11 is 0. The molecule has 0 bridgehead atoms. The first-order chi connectivity index (χ1) is 12.7. The fourth-order valence-electron chi connectivity index (χ4n) is 4.42. The van der Waals surface area contributed by atoms with Crippen LogP contribution in [-0.4, -0.2) is 51.7 Å². The standard InChI is InChI=1S/C19H26N4O3/c1-26-12-11-22-16-7-4-9-20-17(16)23(19(22)25)15-8-10-21(13-15)18(24)14-5-2-3-6-14/h4,7,9,14-15H,2-3,5-6,8,10-13H2,1H3/t15-/m1/s1. The normalized spacial score (nSPS) is 21.1. The van der Waals surface area contributed by atoms with Gasteiger partial charge in [0.2, 0.25) is 5.91 Å². The lowest BCUT2D eigenvalue weighted by molar-refractivity contribution is -0.134. The van der Waals surface area contributed by atoms with E-state index in [1.165, 1.54) is 0 Å². The van der Waals surface area contributed by atoms with Crippen molar-refractivity contribution >= 4 is 17.1 Å². The first-order valence-corrected chi connectivity index (χ1v) is 9.54. The zero-order chi connectivity index (χ0) is 18.1. The largest absolute Gasteiger partial charge is 0.383 e. The van der Waals surface area contributed by atoms with E-state index in [2.05, 4.69) is 4.98 Å². The van der Waals surface area contributed by atoms with E-state index in [1.807, 2.05) is 17.0 Å². The maximum atomic E-state index is 13.0. The van der Waals surface area contributed by atoms with Crippen molar-refractivity contribution in [2.24, 2.45) is 5.92 Å². The number of ether oxygens (including phenoxy) is 1. The highest BCUT2D eigenvalue weighted by molar-refractivity contribution is 5.79. The third kappa shape index (κ3) is 2.94. The summed E-state index contributed by atoms with van der Waals surface area (Å²) < 4.78 is 8.66. The summed E-state index contributed by atoms with van der Waals surface area (Å²) in [5.41, 5.74) is 1.47. The van der Waals surface area contributed by atoms with Gasteiger partial charge in [-0.3, -0.25) is 13.9 Å². The Morgan fingerprint density at radius 3 is 2.88 bits per heavy atom. The van der Waals surface area contributed by atoms with Crippen LogP contribution in [0.1, 0.15) is 38.1 Å². The van der Waals surface area contributed by atoms with Crippen LogP contribution in [0.2, 0.25) is 0 Å². The van der Waals surface area contributed by atoms with Crippen molar-refractivity contribution in [3.8, 4) is 0 Å². The number of pyridine rings is 1. The molecule has 2 aromatic heterocycles. The lowest BCUT2D eigenvalue weighted by Gasteiger charge is -2.20. The van der Waals surface area contributed by atoms with E-state index in [-0.39, 0.29) is 23.6 Å². The van der Waals surface area contributed by atoms with E-state index in [9.17, 15) is 9.59 Å². The highest BCUT2D eigenvalue weighted by atomic mass is 16.5. The van der Waals surface area contributed by atoms with Gasteiger partial charge in [0.15, 0.2) is 5.65 Å². The smallest absolute Gasteiger partial charge is 0.330 e. The molecule has 1 amide bonds. The average molecular weight is 358 g/mol. The van der Waals surface area contributed by atoms with Gasteiger partial charge in [0.05, 0.1) is 24.7 Å². The van der Waals surface area contributed by atoms with Crippen LogP contribution in [0.25, 0.3) is 11.2 Å². The van der Waals surface area contributed by atoms with Crippen LogP contribution in [0, 0.1) is 5.92 Å². The number of likely N-dealkylation sites (tertiary alicyclic amines) is 1. The maximum Gasteiger partial charge on any atom is 0.330 e. The van der Waals surface area contributed by atoms with E-state index in [0.717, 1.165) is 44.2 Å². The van der Waals surface area contributed by atoms with Crippen molar-refractivity contribution < 1.29 is 9.53 Å². The van der Waals surface area contributed by atoms with Crippen molar-refractivity contribution in [2.45, 2.75) is 44.7 Å². The second kappa shape index (κ2) is 7.23. The molecule has 2 fully saturated rings. The van der Waals surface area contributed by atoms with Gasteiger partial charge in [0.1, 0.15) is 0 Å². The molecular formula is C19H26N4O3. The molecule has 1 saturated carbocycles. The molecule has 7 heteroatoms. The van der Waals surface area contributed by atoms with Crippen LogP contribution >= 0.6 is 0 Å². The molecule has 1 atom stereocenters. The van der Waals surface area contributed by atoms with Gasteiger partial charge >= 0.3 is 5.69 Å². The topological polar surface area (TPSA) is 69.4 Å². The number of methoxy groups -OCH3 is 1. The Labute approximate surface area is 152 Å². The zero-order valence-corrected chi connectivity index (χ0v) is 15.3. The Hall–Kier alpha value is -2.15. The van der Waals surface area contributed by atoms with Crippen LogP contribution in [-0.2, 0) is 16.1 Å². The van der Waals surface area contributed by atoms with Crippen molar-refractivity contribution in [1.82, 2.24) is 19.0 Å². The first-order valence-electron chi connectivity index (χ1n) is 9.54. The van der Waals surface area contributed by atoms with E-state index in [1.54, 1.807) is 22.4 Å². The van der Waals surface area contributed by atoms with Gasteiger partial charge in [-0.15, -0.1) is 0 Å². The highest BCUT2D eigenvalue weighted by Crippen LogP contribution is 2.30. The number of nitrogens with zero attached hydrogens (tertiary/aromatic N) is 4. The number of carbonyl (C=O) groups excluding carboxylic acids is 1. The molecular weight excluding hydrogens is 332 g/mol. The predicted octanol–water partition coefficient (Wildman–Crippen LogP) is 1.81. The van der Waals surface area contributed by atoms with Crippen molar-refractivity contribution in [2.75, 3.05) is 26.8 Å². The molecule has 1 aliphatic heterocycles. The summed E-state index contributed by atoms with van der Waals surface area (Å²) in [6, 6.07) is 3.76. The summed E-state index contributed by atoms with van der Waals surface area (Å²) in [5, 5.41) is 0. The molecule has 4 rings (SSSR count). The van der Waals surface area contributed by atoms with Crippen molar-refractivity contribution in [1.29, 1.82) is 0 Å². The van der Waals surface area contributed by atoms with Crippen LogP contribution in [0.4, 0.5) is 0 Å². The molecule has 26 heavy (non-hydrogen) atoms. The van der Waals surface area contributed by atoms with Crippen LogP contribution in [0.5, 0.6) is 0 Å². The number of hydrogen-bond donors (Lipinski definition) is 0. The highest BCUT2D eigenvalue weighted by Gasteiger charge is 2.34. The number of rotatable bonds is 5. The molecule has 2 aromatic rings. The molecule has 3 heterocycles. The van der Waals surface area contributed by atoms with Crippen molar-refractivity contribution in [3.63, 3.8) is 0 Å². The number of amides is 1. The number of aromatic nitrogens is 3. The molecule has 2 aliphatic rings. The number of carbonyl (C=O) groups is 1. The van der Waals surface area contributed by atoms with Gasteiger partial charge in [-0.25, -0.2) is 9.78 Å². The molecule has 0 radical (unpaired) electrons. The van der Waals surface area contributed by atoms with E-state index >= 15 is 0 Å². The Kier molecular flexibility index (Phi) is 4.80. The summed E-state index contributed by atoms with van der Waals surface area (Å²) in [5.74, 6) is 0.459. The molecule has 7 nitrogen and oxygen atoms in total. The Balaban J connectivity index is 1.62. The van der Waals surface area contributed by atoms with Gasteiger partial charge in [-0.2, -0.15) is 0 Å². The van der Waals surface area contributed by atoms with Crippen molar-refractivity contribution in [3.05, 3.63) is 28.8 Å². The van der Waals surface area contributed by atoms with Gasteiger partial charge in [0, 0.05) is 32.3 Å². The molecule has 0 spiro atoms. The quantitative estimate of drug-likeness (QED) is 0.817. The number of hydrogen-bond acceptors (Lipinski definition) is 4. The Morgan fingerprint density at radius 1 is 1.31 bits per heavy atom. The zero-order valence-electron chi connectivity index (χ0n) is 15.3. The SMILES string of the molecule is COCCn1c(=O)n([C@@H]2CCN(C(=O)C3CCCC3)C2)c2ncccc21. The van der Waals surface area contributed by atoms with Gasteiger partial charge in [0.25, 0.3) is 0 Å². The fourth-order valence-corrected chi connectivity index (χ4v) is 4.42. The van der Waals surface area contributed by atoms with Gasteiger partial charge < -0.3 is 9.64 Å². The molecule has 0 aromatic carbocycles. The summed E-state index contributed by atoms with van der Waals surface area (Å²) in [4.78, 5) is 32.2. The van der Waals surface area contributed by atoms with E-state index < -0.39 is 0 Å². The van der Waals surface area contributed by atoms with Crippen LogP contribution < -0.4 is 5.69 Å². The minimum absolute atomic E-state index is 0.00551. The molecule has 1 saturated heterocycles. The minimum Gasteiger partial charge on any atom is -0.383 e. The maximum absolute atomic E-state index is 13.0. The van der Waals surface area contributed by atoms with Gasteiger partial charge in [-0.05, 0) is 31.4 Å². The van der Waals surface area contributed by atoms with Crippen LogP contribution in [0.3, 0.4) is 0 Å². The summed E-state index contributed by atoms with van der Waals surface area (Å²) in [6.07, 6.45) is 6.86. The van der Waals surface area contributed by atoms with Gasteiger partial charge in [-0.1, -0.05) is 12.8 Å². The average Bonchev–Trinajstić information content (AvgIpc) is 3.39. The number of imidazole rings is 1. The monoisotopic (exact) mass is 358 g/mol. The third-order valence-electron chi connectivity index (χ3n) is 5.79.